The summed E-state index contributed by atoms with van der Waals surface area (Å²) in [5.41, 5.74) is 5.25. The highest BCUT2D eigenvalue weighted by molar-refractivity contribution is 7.80. The first-order valence-corrected chi connectivity index (χ1v) is 12.6. The number of hydrogen-bond acceptors (Lipinski definition) is 4. The number of ether oxygens (including phenoxy) is 1. The van der Waals surface area contributed by atoms with Crippen LogP contribution < -0.4 is 20.3 Å². The van der Waals surface area contributed by atoms with E-state index in [9.17, 15) is 4.79 Å². The van der Waals surface area contributed by atoms with Gasteiger partial charge in [-0.05, 0) is 85.4 Å². The van der Waals surface area contributed by atoms with Crippen LogP contribution in [0.4, 0.5) is 11.4 Å². The van der Waals surface area contributed by atoms with Crippen LogP contribution in [0.2, 0.25) is 5.02 Å². The van der Waals surface area contributed by atoms with Crippen molar-refractivity contribution in [3.05, 3.63) is 101 Å². The van der Waals surface area contributed by atoms with Crippen molar-refractivity contribution >= 4 is 46.2 Å². The summed E-state index contributed by atoms with van der Waals surface area (Å²) in [6, 6.07) is 21.1. The van der Waals surface area contributed by atoms with Gasteiger partial charge in [0.15, 0.2) is 5.11 Å². The molecule has 3 heterocycles. The summed E-state index contributed by atoms with van der Waals surface area (Å²) in [5, 5.41) is 7.62. The molecule has 0 bridgehead atoms. The first kappa shape index (κ1) is 24.8. The molecule has 37 heavy (non-hydrogen) atoms. The summed E-state index contributed by atoms with van der Waals surface area (Å²) in [4.78, 5) is 18.6. The van der Waals surface area contributed by atoms with Gasteiger partial charge < -0.3 is 24.8 Å². The van der Waals surface area contributed by atoms with E-state index in [1.54, 1.807) is 13.3 Å². The highest BCUT2D eigenvalue weighted by Gasteiger charge is 2.42. The molecule has 1 saturated heterocycles. The molecular weight excluding hydrogens is 506 g/mol. The number of rotatable bonds is 6. The van der Waals surface area contributed by atoms with Crippen LogP contribution in [0.15, 0.2) is 79.1 Å². The van der Waals surface area contributed by atoms with Crippen LogP contribution in [0.1, 0.15) is 36.0 Å². The topological polar surface area (TPSA) is 71.4 Å². The van der Waals surface area contributed by atoms with Crippen LogP contribution in [0.25, 0.3) is 5.69 Å². The van der Waals surface area contributed by atoms with Crippen molar-refractivity contribution in [2.24, 2.45) is 0 Å². The second kappa shape index (κ2) is 10.2. The number of methoxy groups -OCH3 is 1. The van der Waals surface area contributed by atoms with E-state index >= 15 is 0 Å². The molecule has 0 unspecified atom stereocenters. The molecule has 2 atom stereocenters. The lowest BCUT2D eigenvalue weighted by Crippen LogP contribution is -2.30. The third-order valence-corrected chi connectivity index (χ3v) is 7.11. The van der Waals surface area contributed by atoms with Gasteiger partial charge in [-0.2, -0.15) is 0 Å². The average molecular weight is 532 g/mol. The summed E-state index contributed by atoms with van der Waals surface area (Å²) >= 11 is 12.2. The molecule has 188 valence electrons. The van der Waals surface area contributed by atoms with E-state index in [4.69, 9.17) is 28.6 Å². The van der Waals surface area contributed by atoms with E-state index in [2.05, 4.69) is 37.2 Å². The number of anilines is 2. The number of thiocarbonyl (C=S) groups is 1. The number of aryl methyl sites for hydroxylation is 1. The van der Waals surface area contributed by atoms with Gasteiger partial charge in [-0.15, -0.1) is 0 Å². The van der Waals surface area contributed by atoms with Crippen molar-refractivity contribution in [1.29, 1.82) is 0 Å². The first-order chi connectivity index (χ1) is 17.9. The van der Waals surface area contributed by atoms with Crippen LogP contribution in [-0.4, -0.2) is 27.7 Å². The number of nitrogens with one attached hydrogen (secondary N) is 2. The Morgan fingerprint density at radius 1 is 1.11 bits per heavy atom. The zero-order chi connectivity index (χ0) is 26.1. The summed E-state index contributed by atoms with van der Waals surface area (Å²) in [7, 11) is 1.57. The molecule has 1 fully saturated rings. The quantitative estimate of drug-likeness (QED) is 0.298. The maximum atomic E-state index is 11.9. The summed E-state index contributed by atoms with van der Waals surface area (Å²) in [5.74, 6) is 0.377. The van der Waals surface area contributed by atoms with Crippen molar-refractivity contribution in [3.8, 4) is 11.4 Å². The van der Waals surface area contributed by atoms with E-state index in [-0.39, 0.29) is 18.0 Å². The van der Waals surface area contributed by atoms with Gasteiger partial charge in [0, 0.05) is 41.4 Å². The molecule has 0 spiro atoms. The van der Waals surface area contributed by atoms with Gasteiger partial charge in [0.2, 0.25) is 5.91 Å². The first-order valence-electron chi connectivity index (χ1n) is 11.8. The SMILES string of the molecule is COc1ccc(N2C(=S)N[C@@H](c3ccccn3)[C@H]2c2cccn2-c2ccc(Cl)c(C)c2)cc1NC(C)=O. The minimum absolute atomic E-state index is 0.188. The largest absolute Gasteiger partial charge is 0.495 e. The Bertz CT molecular complexity index is 1470. The van der Waals surface area contributed by atoms with Gasteiger partial charge in [0.25, 0.3) is 0 Å². The Morgan fingerprint density at radius 2 is 1.92 bits per heavy atom. The molecule has 1 aliphatic rings. The number of nitrogens with zero attached hydrogens (tertiary/aromatic N) is 3. The number of carbonyl (C=O) groups is 1. The number of benzene rings is 2. The fourth-order valence-corrected chi connectivity index (χ4v) is 5.18. The molecule has 1 aliphatic heterocycles. The fraction of sp³-hybridized carbons (Fsp3) is 0.179. The number of carbonyl (C=O) groups excluding carboxylic acids is 1. The van der Waals surface area contributed by atoms with E-state index in [1.807, 2.05) is 67.7 Å². The van der Waals surface area contributed by atoms with Gasteiger partial charge >= 0.3 is 0 Å². The highest BCUT2D eigenvalue weighted by Crippen LogP contribution is 2.44. The van der Waals surface area contributed by atoms with Crippen LogP contribution in [0.3, 0.4) is 0 Å². The standard InChI is InChI=1S/C28H26ClN5O2S/c1-17-15-19(9-11-21(17)29)33-14-6-8-24(33)27-26(22-7-4-5-13-30-22)32-28(37)34(27)20-10-12-25(36-3)23(16-20)31-18(2)35/h4-16,26-27H,1-3H3,(H,31,35)(H,32,37)/t26-,27+/m0/s1. The normalized spacial score (nSPS) is 17.0. The summed E-state index contributed by atoms with van der Waals surface area (Å²) < 4.78 is 7.62. The molecular formula is C28H26ClN5O2S. The molecule has 0 saturated carbocycles. The van der Waals surface area contributed by atoms with Crippen molar-refractivity contribution in [1.82, 2.24) is 14.9 Å². The van der Waals surface area contributed by atoms with Crippen molar-refractivity contribution in [2.45, 2.75) is 25.9 Å². The Labute approximate surface area is 226 Å². The Morgan fingerprint density at radius 3 is 2.62 bits per heavy atom. The lowest BCUT2D eigenvalue weighted by Gasteiger charge is -2.29. The number of halogens is 1. The molecule has 7 nitrogen and oxygen atoms in total. The maximum absolute atomic E-state index is 11.9. The van der Waals surface area contributed by atoms with Crippen molar-refractivity contribution in [2.75, 3.05) is 17.3 Å². The monoisotopic (exact) mass is 531 g/mol. The Kier molecular flexibility index (Phi) is 6.86. The second-order valence-corrected chi connectivity index (χ2v) is 9.59. The number of aromatic nitrogens is 2. The maximum Gasteiger partial charge on any atom is 0.221 e. The third-order valence-electron chi connectivity index (χ3n) is 6.37. The molecule has 5 rings (SSSR count). The van der Waals surface area contributed by atoms with Crippen molar-refractivity contribution in [3.63, 3.8) is 0 Å². The number of amides is 1. The summed E-state index contributed by atoms with van der Waals surface area (Å²) in [6.07, 6.45) is 3.81. The van der Waals surface area contributed by atoms with Gasteiger partial charge in [-0.3, -0.25) is 9.78 Å². The Hall–Kier alpha value is -3.88. The van der Waals surface area contributed by atoms with E-state index in [1.165, 1.54) is 6.92 Å². The van der Waals surface area contributed by atoms with Crippen LogP contribution in [0.5, 0.6) is 5.75 Å². The number of pyridine rings is 1. The Balaban J connectivity index is 1.67. The third kappa shape index (κ3) is 4.77. The highest BCUT2D eigenvalue weighted by atomic mass is 35.5. The van der Waals surface area contributed by atoms with E-state index in [0.29, 0.717) is 16.5 Å². The van der Waals surface area contributed by atoms with Crippen LogP contribution >= 0.6 is 23.8 Å². The van der Waals surface area contributed by atoms with E-state index < -0.39 is 0 Å². The average Bonchev–Trinajstić information content (AvgIpc) is 3.50. The molecule has 9 heteroatoms. The smallest absolute Gasteiger partial charge is 0.221 e. The van der Waals surface area contributed by atoms with Gasteiger partial charge in [-0.25, -0.2) is 0 Å². The summed E-state index contributed by atoms with van der Waals surface area (Å²) in [6.45, 7) is 3.46. The predicted molar refractivity (Wildman–Crippen MR) is 151 cm³/mol. The second-order valence-electron chi connectivity index (χ2n) is 8.80. The van der Waals surface area contributed by atoms with Gasteiger partial charge in [-0.1, -0.05) is 17.7 Å². The molecule has 2 aromatic heterocycles. The van der Waals surface area contributed by atoms with Crippen LogP contribution in [0, 0.1) is 6.92 Å². The lowest BCUT2D eigenvalue weighted by molar-refractivity contribution is -0.114. The fourth-order valence-electron chi connectivity index (χ4n) is 4.72. The molecule has 2 N–H and O–H groups in total. The minimum Gasteiger partial charge on any atom is -0.495 e. The van der Waals surface area contributed by atoms with Crippen LogP contribution in [-0.2, 0) is 4.79 Å². The zero-order valence-corrected chi connectivity index (χ0v) is 22.2. The van der Waals surface area contributed by atoms with Gasteiger partial charge in [0.05, 0.1) is 24.5 Å². The molecule has 0 radical (unpaired) electrons. The van der Waals surface area contributed by atoms with E-state index in [0.717, 1.165) is 33.3 Å². The predicted octanol–water partition coefficient (Wildman–Crippen LogP) is 5.98. The lowest BCUT2D eigenvalue weighted by atomic mass is 10.0. The van der Waals surface area contributed by atoms with Gasteiger partial charge in [0.1, 0.15) is 11.8 Å². The molecule has 0 aliphatic carbocycles. The molecule has 1 amide bonds. The molecule has 4 aromatic rings. The zero-order valence-electron chi connectivity index (χ0n) is 20.6. The molecule has 2 aromatic carbocycles. The van der Waals surface area contributed by atoms with Crippen molar-refractivity contribution < 1.29 is 9.53 Å². The minimum atomic E-state index is -0.244. The number of hydrogen-bond donors (Lipinski definition) is 2.